The molecule has 1 atom stereocenters. The molecule has 2 nitrogen and oxygen atoms in total. The normalized spacial score (nSPS) is 22.5. The van der Waals surface area contributed by atoms with Gasteiger partial charge in [-0.05, 0) is 36.8 Å². The predicted molar refractivity (Wildman–Crippen MR) is 57.4 cm³/mol. The maximum Gasteiger partial charge on any atom is 0.108 e. The summed E-state index contributed by atoms with van der Waals surface area (Å²) in [6, 6.07) is 1.96. The van der Waals surface area contributed by atoms with Crippen molar-refractivity contribution in [3.63, 3.8) is 0 Å². The molecule has 2 rings (SSSR count). The molecule has 0 radical (unpaired) electrons. The molecule has 0 aromatic carbocycles. The summed E-state index contributed by atoms with van der Waals surface area (Å²) in [5, 5.41) is 22.2. The number of hydrogen-bond acceptors (Lipinski definition) is 3. The van der Waals surface area contributed by atoms with Gasteiger partial charge in [-0.25, -0.2) is 0 Å². The van der Waals surface area contributed by atoms with E-state index in [4.69, 9.17) is 0 Å². The standard InChI is InChI=1S/C11H16O2S/c1-8-6-9(7-14-8)10(12)11(13)4-2-3-5-11/h6-7,10,12-13H,2-5H2,1H3. The van der Waals surface area contributed by atoms with Crippen molar-refractivity contribution in [2.75, 3.05) is 0 Å². The van der Waals surface area contributed by atoms with Crippen molar-refractivity contribution in [2.24, 2.45) is 0 Å². The summed E-state index contributed by atoms with van der Waals surface area (Å²) in [6.07, 6.45) is 2.80. The second kappa shape index (κ2) is 3.65. The zero-order valence-electron chi connectivity index (χ0n) is 8.36. The quantitative estimate of drug-likeness (QED) is 0.790. The average Bonchev–Trinajstić information content (AvgIpc) is 2.74. The highest BCUT2D eigenvalue weighted by atomic mass is 32.1. The number of aryl methyl sites for hydroxylation is 1. The smallest absolute Gasteiger partial charge is 0.108 e. The van der Waals surface area contributed by atoms with Crippen molar-refractivity contribution in [3.05, 3.63) is 21.9 Å². The van der Waals surface area contributed by atoms with Gasteiger partial charge in [-0.15, -0.1) is 11.3 Å². The van der Waals surface area contributed by atoms with Crippen molar-refractivity contribution < 1.29 is 10.2 Å². The van der Waals surface area contributed by atoms with E-state index in [0.29, 0.717) is 0 Å². The lowest BCUT2D eigenvalue weighted by atomic mass is 9.91. The molecule has 1 aromatic heterocycles. The van der Waals surface area contributed by atoms with Crippen LogP contribution in [0.1, 0.15) is 42.2 Å². The molecule has 14 heavy (non-hydrogen) atoms. The second-order valence-corrected chi connectivity index (χ2v) is 5.32. The first-order chi connectivity index (χ1) is 6.62. The summed E-state index contributed by atoms with van der Waals surface area (Å²) in [6.45, 7) is 2.01. The maximum atomic E-state index is 10.2. The molecular weight excluding hydrogens is 196 g/mol. The molecule has 1 fully saturated rings. The minimum atomic E-state index is -0.868. The Kier molecular flexibility index (Phi) is 2.64. The first-order valence-corrected chi connectivity index (χ1v) is 5.95. The van der Waals surface area contributed by atoms with Gasteiger partial charge in [-0.3, -0.25) is 0 Å². The number of thiophene rings is 1. The van der Waals surface area contributed by atoms with Crippen LogP contribution in [-0.4, -0.2) is 15.8 Å². The van der Waals surface area contributed by atoms with Crippen LogP contribution in [0.15, 0.2) is 11.4 Å². The number of rotatable bonds is 2. The van der Waals surface area contributed by atoms with E-state index in [9.17, 15) is 10.2 Å². The topological polar surface area (TPSA) is 40.5 Å². The fraction of sp³-hybridized carbons (Fsp3) is 0.636. The lowest BCUT2D eigenvalue weighted by Gasteiger charge is -2.27. The van der Waals surface area contributed by atoms with Crippen molar-refractivity contribution in [1.82, 2.24) is 0 Å². The molecule has 1 aromatic rings. The Morgan fingerprint density at radius 3 is 2.57 bits per heavy atom. The van der Waals surface area contributed by atoms with E-state index in [2.05, 4.69) is 0 Å². The first kappa shape index (κ1) is 10.1. The highest BCUT2D eigenvalue weighted by Crippen LogP contribution is 2.40. The van der Waals surface area contributed by atoms with Gasteiger partial charge < -0.3 is 10.2 Å². The molecule has 1 heterocycles. The minimum Gasteiger partial charge on any atom is -0.387 e. The predicted octanol–water partition coefficient (Wildman–Crippen LogP) is 2.40. The number of hydrogen-bond donors (Lipinski definition) is 2. The van der Waals surface area contributed by atoms with Crippen molar-refractivity contribution in [3.8, 4) is 0 Å². The largest absolute Gasteiger partial charge is 0.387 e. The maximum absolute atomic E-state index is 10.2. The average molecular weight is 212 g/mol. The fourth-order valence-corrected chi connectivity index (χ4v) is 2.90. The molecular formula is C11H16O2S. The van der Waals surface area contributed by atoms with Crippen LogP contribution < -0.4 is 0 Å². The van der Waals surface area contributed by atoms with Crippen LogP contribution in [0.4, 0.5) is 0 Å². The molecule has 1 aliphatic rings. The summed E-state index contributed by atoms with van der Waals surface area (Å²) >= 11 is 1.62. The zero-order chi connectivity index (χ0) is 10.2. The first-order valence-electron chi connectivity index (χ1n) is 5.07. The number of aliphatic hydroxyl groups is 2. The summed E-state index contributed by atoms with van der Waals surface area (Å²) in [7, 11) is 0. The Morgan fingerprint density at radius 2 is 2.07 bits per heavy atom. The Balaban J connectivity index is 2.18. The molecule has 1 unspecified atom stereocenters. The van der Waals surface area contributed by atoms with Crippen molar-refractivity contribution >= 4 is 11.3 Å². The van der Waals surface area contributed by atoms with E-state index in [1.54, 1.807) is 11.3 Å². The minimum absolute atomic E-state index is 0.699. The third-order valence-corrected chi connectivity index (χ3v) is 3.92. The summed E-state index contributed by atoms with van der Waals surface area (Å²) in [5.74, 6) is 0. The van der Waals surface area contributed by atoms with Crippen LogP contribution in [0.5, 0.6) is 0 Å². The van der Waals surface area contributed by atoms with Crippen molar-refractivity contribution in [1.29, 1.82) is 0 Å². The Morgan fingerprint density at radius 1 is 1.43 bits per heavy atom. The number of aliphatic hydroxyl groups excluding tert-OH is 1. The summed E-state index contributed by atoms with van der Waals surface area (Å²) in [5.41, 5.74) is 0.00458. The molecule has 0 aliphatic heterocycles. The molecule has 0 bridgehead atoms. The van der Waals surface area contributed by atoms with Gasteiger partial charge in [-0.1, -0.05) is 12.8 Å². The lowest BCUT2D eigenvalue weighted by molar-refractivity contribution is -0.0717. The molecule has 78 valence electrons. The van der Waals surface area contributed by atoms with Gasteiger partial charge in [0.25, 0.3) is 0 Å². The third kappa shape index (κ3) is 1.72. The summed E-state index contributed by atoms with van der Waals surface area (Å²) in [4.78, 5) is 1.18. The van der Waals surface area contributed by atoms with Crippen LogP contribution in [-0.2, 0) is 0 Å². The van der Waals surface area contributed by atoms with E-state index in [0.717, 1.165) is 31.2 Å². The third-order valence-electron chi connectivity index (χ3n) is 3.04. The summed E-state index contributed by atoms with van der Waals surface area (Å²) < 4.78 is 0. The van der Waals surface area contributed by atoms with E-state index in [1.807, 2.05) is 18.4 Å². The van der Waals surface area contributed by atoms with Gasteiger partial charge in [0.1, 0.15) is 6.10 Å². The van der Waals surface area contributed by atoms with Gasteiger partial charge >= 0.3 is 0 Å². The highest BCUT2D eigenvalue weighted by molar-refractivity contribution is 7.10. The Bertz CT molecular complexity index is 313. The molecule has 3 heteroatoms. The Labute approximate surface area is 88.2 Å². The fourth-order valence-electron chi connectivity index (χ4n) is 2.18. The molecule has 2 N–H and O–H groups in total. The monoisotopic (exact) mass is 212 g/mol. The van der Waals surface area contributed by atoms with Crippen LogP contribution in [0, 0.1) is 6.92 Å². The van der Waals surface area contributed by atoms with Crippen LogP contribution in [0.25, 0.3) is 0 Å². The van der Waals surface area contributed by atoms with E-state index in [-0.39, 0.29) is 0 Å². The second-order valence-electron chi connectivity index (χ2n) is 4.20. The van der Waals surface area contributed by atoms with E-state index >= 15 is 0 Å². The lowest BCUT2D eigenvalue weighted by Crippen LogP contribution is -2.32. The zero-order valence-corrected chi connectivity index (χ0v) is 9.18. The van der Waals surface area contributed by atoms with Crippen LogP contribution >= 0.6 is 11.3 Å². The Hall–Kier alpha value is -0.380. The van der Waals surface area contributed by atoms with Gasteiger partial charge in [0, 0.05) is 4.88 Å². The SMILES string of the molecule is Cc1cc(C(O)C2(O)CCCC2)cs1. The molecule has 0 amide bonds. The van der Waals surface area contributed by atoms with Crippen molar-refractivity contribution in [2.45, 2.75) is 44.3 Å². The highest BCUT2D eigenvalue weighted by Gasteiger charge is 2.39. The van der Waals surface area contributed by atoms with E-state index < -0.39 is 11.7 Å². The molecule has 1 aliphatic carbocycles. The molecule has 1 saturated carbocycles. The van der Waals surface area contributed by atoms with Gasteiger partial charge in [0.2, 0.25) is 0 Å². The molecule has 0 spiro atoms. The van der Waals surface area contributed by atoms with Gasteiger partial charge in [0.15, 0.2) is 0 Å². The molecule has 0 saturated heterocycles. The van der Waals surface area contributed by atoms with Gasteiger partial charge in [-0.2, -0.15) is 0 Å². The van der Waals surface area contributed by atoms with Crippen LogP contribution in [0.3, 0.4) is 0 Å². The van der Waals surface area contributed by atoms with E-state index in [1.165, 1.54) is 4.88 Å². The van der Waals surface area contributed by atoms with Crippen LogP contribution in [0.2, 0.25) is 0 Å². The van der Waals surface area contributed by atoms with Gasteiger partial charge in [0.05, 0.1) is 5.60 Å².